The molecule has 0 spiro atoms. The first-order valence-corrected chi connectivity index (χ1v) is 9.96. The van der Waals surface area contributed by atoms with Crippen molar-refractivity contribution in [1.82, 2.24) is 0 Å². The summed E-state index contributed by atoms with van der Waals surface area (Å²) < 4.78 is 25.0. The van der Waals surface area contributed by atoms with Crippen LogP contribution >= 0.6 is 0 Å². The molecule has 0 aromatic heterocycles. The van der Waals surface area contributed by atoms with Crippen LogP contribution in [0.25, 0.3) is 6.08 Å². The van der Waals surface area contributed by atoms with Gasteiger partial charge in [-0.2, -0.15) is 5.26 Å². The Labute approximate surface area is 186 Å². The molecule has 3 aromatic carbocycles. The van der Waals surface area contributed by atoms with E-state index in [0.29, 0.717) is 28.3 Å². The third-order valence-corrected chi connectivity index (χ3v) is 5.08. The molecule has 0 fully saturated rings. The zero-order valence-corrected chi connectivity index (χ0v) is 18.1. The van der Waals surface area contributed by atoms with Crippen molar-refractivity contribution in [3.63, 3.8) is 0 Å². The van der Waals surface area contributed by atoms with Gasteiger partial charge < -0.3 is 14.8 Å². The van der Waals surface area contributed by atoms with Crippen LogP contribution < -0.4 is 14.8 Å². The SMILES string of the molecule is COc1ccc(/C=C(\C#N)C(=O)Nc2cccc(C)c2C)c(OCc2ccccc2F)c1. The summed E-state index contributed by atoms with van der Waals surface area (Å²) in [6, 6.07) is 18.8. The molecule has 1 amide bonds. The molecule has 0 aliphatic heterocycles. The standard InChI is InChI=1S/C26H23FN2O3/c1-17-7-6-10-24(18(17)2)29-26(30)21(15-28)13-19-11-12-22(31-3)14-25(19)32-16-20-8-4-5-9-23(20)27/h4-14H,16H2,1-3H3,(H,29,30)/b21-13+. The first kappa shape index (κ1) is 22.6. The minimum Gasteiger partial charge on any atom is -0.497 e. The molecule has 0 heterocycles. The number of hydrogen-bond acceptors (Lipinski definition) is 4. The third kappa shape index (κ3) is 5.32. The predicted octanol–water partition coefficient (Wildman–Crippen LogP) is 5.58. The zero-order chi connectivity index (χ0) is 23.1. The van der Waals surface area contributed by atoms with Crippen molar-refractivity contribution in [3.8, 4) is 17.6 Å². The van der Waals surface area contributed by atoms with Crippen LogP contribution in [0, 0.1) is 31.0 Å². The van der Waals surface area contributed by atoms with Gasteiger partial charge in [0.15, 0.2) is 0 Å². The van der Waals surface area contributed by atoms with E-state index in [4.69, 9.17) is 9.47 Å². The van der Waals surface area contributed by atoms with E-state index in [9.17, 15) is 14.4 Å². The molecular weight excluding hydrogens is 407 g/mol. The molecule has 0 bridgehead atoms. The lowest BCUT2D eigenvalue weighted by molar-refractivity contribution is -0.112. The number of carbonyl (C=O) groups is 1. The summed E-state index contributed by atoms with van der Waals surface area (Å²) >= 11 is 0. The molecule has 0 aliphatic rings. The minimum absolute atomic E-state index is 0.0166. The Bertz CT molecular complexity index is 1210. The Hall–Kier alpha value is -4.11. The third-order valence-electron chi connectivity index (χ3n) is 5.08. The molecule has 32 heavy (non-hydrogen) atoms. The lowest BCUT2D eigenvalue weighted by Gasteiger charge is -2.13. The Kier molecular flexibility index (Phi) is 7.25. The number of benzene rings is 3. The van der Waals surface area contributed by atoms with Gasteiger partial charge in [0.05, 0.1) is 7.11 Å². The molecule has 5 nitrogen and oxygen atoms in total. The number of anilines is 1. The van der Waals surface area contributed by atoms with Gasteiger partial charge in [-0.15, -0.1) is 0 Å². The zero-order valence-electron chi connectivity index (χ0n) is 18.1. The van der Waals surface area contributed by atoms with Gasteiger partial charge in [-0.3, -0.25) is 4.79 Å². The van der Waals surface area contributed by atoms with Gasteiger partial charge in [0.2, 0.25) is 0 Å². The molecule has 0 atom stereocenters. The molecule has 0 saturated heterocycles. The van der Waals surface area contributed by atoms with Crippen LogP contribution in [0.3, 0.4) is 0 Å². The van der Waals surface area contributed by atoms with Crippen LogP contribution in [0.15, 0.2) is 66.2 Å². The van der Waals surface area contributed by atoms with Gasteiger partial charge in [0.25, 0.3) is 5.91 Å². The summed E-state index contributed by atoms with van der Waals surface area (Å²) in [5.74, 6) is -0.0147. The van der Waals surface area contributed by atoms with Crippen LogP contribution in [-0.4, -0.2) is 13.0 Å². The van der Waals surface area contributed by atoms with Crippen LogP contribution in [0.4, 0.5) is 10.1 Å². The smallest absolute Gasteiger partial charge is 0.266 e. The second kappa shape index (κ2) is 10.3. The van der Waals surface area contributed by atoms with Gasteiger partial charge in [0, 0.05) is 22.9 Å². The average molecular weight is 430 g/mol. The van der Waals surface area contributed by atoms with Gasteiger partial charge in [-0.05, 0) is 55.3 Å². The monoisotopic (exact) mass is 430 g/mol. The van der Waals surface area contributed by atoms with E-state index in [1.165, 1.54) is 19.3 Å². The van der Waals surface area contributed by atoms with E-state index in [2.05, 4.69) is 5.32 Å². The predicted molar refractivity (Wildman–Crippen MR) is 122 cm³/mol. The summed E-state index contributed by atoms with van der Waals surface area (Å²) in [5.41, 5.74) is 3.39. The van der Waals surface area contributed by atoms with E-state index >= 15 is 0 Å². The van der Waals surface area contributed by atoms with Crippen molar-refractivity contribution >= 4 is 17.7 Å². The molecule has 162 valence electrons. The lowest BCUT2D eigenvalue weighted by atomic mass is 10.1. The Morgan fingerprint density at radius 2 is 1.91 bits per heavy atom. The van der Waals surface area contributed by atoms with Crippen LogP contribution in [0.1, 0.15) is 22.3 Å². The van der Waals surface area contributed by atoms with Crippen molar-refractivity contribution < 1.29 is 18.7 Å². The van der Waals surface area contributed by atoms with Gasteiger partial charge in [-0.25, -0.2) is 4.39 Å². The number of ether oxygens (including phenoxy) is 2. The normalized spacial score (nSPS) is 10.9. The number of halogens is 1. The highest BCUT2D eigenvalue weighted by Gasteiger charge is 2.14. The van der Waals surface area contributed by atoms with Crippen molar-refractivity contribution in [2.24, 2.45) is 0 Å². The van der Waals surface area contributed by atoms with Gasteiger partial charge in [-0.1, -0.05) is 30.3 Å². The maximum Gasteiger partial charge on any atom is 0.266 e. The lowest BCUT2D eigenvalue weighted by Crippen LogP contribution is -2.14. The minimum atomic E-state index is -0.530. The highest BCUT2D eigenvalue weighted by Crippen LogP contribution is 2.28. The topological polar surface area (TPSA) is 71.3 Å². The van der Waals surface area contributed by atoms with Crippen LogP contribution in [-0.2, 0) is 11.4 Å². The van der Waals surface area contributed by atoms with Crippen LogP contribution in [0.5, 0.6) is 11.5 Å². The molecule has 1 N–H and O–H groups in total. The van der Waals surface area contributed by atoms with E-state index in [1.807, 2.05) is 32.0 Å². The molecule has 3 aromatic rings. The van der Waals surface area contributed by atoms with E-state index in [-0.39, 0.29) is 18.0 Å². The second-order valence-corrected chi connectivity index (χ2v) is 7.16. The molecule has 0 saturated carbocycles. The first-order valence-electron chi connectivity index (χ1n) is 9.96. The van der Waals surface area contributed by atoms with Crippen molar-refractivity contribution in [1.29, 1.82) is 5.26 Å². The van der Waals surface area contributed by atoms with Gasteiger partial charge >= 0.3 is 0 Å². The summed E-state index contributed by atoms with van der Waals surface area (Å²) in [6.07, 6.45) is 1.44. The summed E-state index contributed by atoms with van der Waals surface area (Å²) in [7, 11) is 1.52. The number of nitrogens with one attached hydrogen (secondary N) is 1. The Balaban J connectivity index is 1.89. The summed E-state index contributed by atoms with van der Waals surface area (Å²) in [5, 5.41) is 12.4. The highest BCUT2D eigenvalue weighted by atomic mass is 19.1. The number of methoxy groups -OCH3 is 1. The molecule has 0 aliphatic carbocycles. The van der Waals surface area contributed by atoms with E-state index in [1.54, 1.807) is 42.5 Å². The number of nitriles is 1. The number of rotatable bonds is 7. The van der Waals surface area contributed by atoms with Gasteiger partial charge in [0.1, 0.15) is 35.6 Å². The second-order valence-electron chi connectivity index (χ2n) is 7.16. The molecule has 3 rings (SSSR count). The molecule has 0 radical (unpaired) electrons. The number of aryl methyl sites for hydroxylation is 1. The summed E-state index contributed by atoms with van der Waals surface area (Å²) in [4.78, 5) is 12.8. The number of carbonyl (C=O) groups excluding carboxylic acids is 1. The Morgan fingerprint density at radius 3 is 2.62 bits per heavy atom. The maximum atomic E-state index is 14.0. The fourth-order valence-corrected chi connectivity index (χ4v) is 3.04. The van der Waals surface area contributed by atoms with Crippen LogP contribution in [0.2, 0.25) is 0 Å². The quantitative estimate of drug-likeness (QED) is 0.393. The van der Waals surface area contributed by atoms with Crippen molar-refractivity contribution in [3.05, 3.63) is 94.3 Å². The highest BCUT2D eigenvalue weighted by molar-refractivity contribution is 6.10. The number of nitrogens with zero attached hydrogens (tertiary/aromatic N) is 1. The molecular formula is C26H23FN2O3. The Morgan fingerprint density at radius 1 is 1.12 bits per heavy atom. The fraction of sp³-hybridized carbons (Fsp3) is 0.154. The van der Waals surface area contributed by atoms with E-state index in [0.717, 1.165) is 11.1 Å². The molecule has 0 unspecified atom stereocenters. The first-order chi connectivity index (χ1) is 15.4. The number of amides is 1. The van der Waals surface area contributed by atoms with Crippen molar-refractivity contribution in [2.75, 3.05) is 12.4 Å². The van der Waals surface area contributed by atoms with E-state index < -0.39 is 5.91 Å². The number of hydrogen-bond donors (Lipinski definition) is 1. The largest absolute Gasteiger partial charge is 0.497 e. The van der Waals surface area contributed by atoms with Crippen molar-refractivity contribution in [2.45, 2.75) is 20.5 Å². The maximum absolute atomic E-state index is 14.0. The molecule has 6 heteroatoms. The fourth-order valence-electron chi connectivity index (χ4n) is 3.04. The summed E-state index contributed by atoms with van der Waals surface area (Å²) in [6.45, 7) is 3.83. The average Bonchev–Trinajstić information content (AvgIpc) is 2.80.